The average molecular weight is 639 g/mol. The molecule has 7 heteroatoms. The summed E-state index contributed by atoms with van der Waals surface area (Å²) in [4.78, 5) is 36.0. The van der Waals surface area contributed by atoms with Crippen molar-refractivity contribution < 1.29 is 34.2 Å². The van der Waals surface area contributed by atoms with Crippen molar-refractivity contribution in [1.29, 1.82) is 0 Å². The Labute approximate surface area is 276 Å². The molecule has 7 nitrogen and oxygen atoms in total. The molecule has 0 aliphatic heterocycles. The van der Waals surface area contributed by atoms with Crippen LogP contribution in [0.25, 0.3) is 0 Å². The number of aliphatic carboxylic acids is 3. The summed E-state index contributed by atoms with van der Waals surface area (Å²) in [6.45, 7) is 9.15. The second kappa shape index (κ2) is 28.3. The molecule has 0 saturated heterocycles. The van der Waals surface area contributed by atoms with Gasteiger partial charge < -0.3 is 19.8 Å². The Morgan fingerprint density at radius 3 is 1.04 bits per heavy atom. The predicted octanol–water partition coefficient (Wildman–Crippen LogP) is 10.1. The molecule has 0 spiro atoms. The van der Waals surface area contributed by atoms with Gasteiger partial charge in [-0.1, -0.05) is 136 Å². The zero-order valence-electron chi connectivity index (χ0n) is 29.8. The number of hydrogen-bond acceptors (Lipinski definition) is 3. The van der Waals surface area contributed by atoms with Crippen LogP contribution in [0.5, 0.6) is 0 Å². The molecule has 45 heavy (non-hydrogen) atoms. The summed E-state index contributed by atoms with van der Waals surface area (Å²) < 4.78 is 0.230. The monoisotopic (exact) mass is 639 g/mol. The molecule has 0 amide bonds. The number of unbranched alkanes of at least 4 members (excludes halogenated alkanes) is 17. The van der Waals surface area contributed by atoms with Crippen LogP contribution in [0.3, 0.4) is 0 Å². The van der Waals surface area contributed by atoms with Crippen molar-refractivity contribution in [3.63, 3.8) is 0 Å². The van der Waals surface area contributed by atoms with Crippen LogP contribution in [-0.2, 0) is 14.4 Å². The minimum Gasteiger partial charge on any atom is -0.481 e. The van der Waals surface area contributed by atoms with Crippen LogP contribution in [0.1, 0.15) is 169 Å². The quantitative estimate of drug-likeness (QED) is 0.0375. The Hall–Kier alpha value is -1.89. The van der Waals surface area contributed by atoms with Crippen LogP contribution >= 0.6 is 0 Å². The van der Waals surface area contributed by atoms with Crippen molar-refractivity contribution in [2.45, 2.75) is 169 Å². The molecule has 0 aromatic carbocycles. The lowest BCUT2D eigenvalue weighted by Gasteiger charge is -2.43. The van der Waals surface area contributed by atoms with Gasteiger partial charge in [-0.05, 0) is 38.5 Å². The minimum absolute atomic E-state index is 0.230. The summed E-state index contributed by atoms with van der Waals surface area (Å²) in [7, 11) is 0. The lowest BCUT2D eigenvalue weighted by Crippen LogP contribution is -2.58. The topological polar surface area (TPSA) is 112 Å². The van der Waals surface area contributed by atoms with E-state index < -0.39 is 35.7 Å². The third-order valence-electron chi connectivity index (χ3n) is 9.74. The lowest BCUT2D eigenvalue weighted by atomic mass is 9.95. The fourth-order valence-corrected chi connectivity index (χ4v) is 6.64. The Balaban J connectivity index is 4.55. The van der Waals surface area contributed by atoms with E-state index in [9.17, 15) is 29.7 Å². The summed E-state index contributed by atoms with van der Waals surface area (Å²) in [5.41, 5.74) is 0. The maximum absolute atomic E-state index is 12.0. The molecule has 0 saturated carbocycles. The molecule has 0 radical (unpaired) electrons. The van der Waals surface area contributed by atoms with Crippen LogP contribution in [0.15, 0.2) is 12.2 Å². The van der Waals surface area contributed by atoms with Gasteiger partial charge in [0.25, 0.3) is 0 Å². The molecule has 3 unspecified atom stereocenters. The van der Waals surface area contributed by atoms with Gasteiger partial charge in [0.05, 0.1) is 26.2 Å². The first-order valence-electron chi connectivity index (χ1n) is 18.8. The second-order valence-electron chi connectivity index (χ2n) is 13.6. The number of carboxylic acids is 3. The summed E-state index contributed by atoms with van der Waals surface area (Å²) in [5.74, 6) is -4.59. The minimum atomic E-state index is -0.898. The number of carboxylic acid groups (broad SMARTS) is 3. The Bertz CT molecular complexity index is 722. The summed E-state index contributed by atoms with van der Waals surface area (Å²) in [5, 5.41) is 29.5. The van der Waals surface area contributed by atoms with Crippen LogP contribution in [0.4, 0.5) is 0 Å². The molecule has 264 valence electrons. The van der Waals surface area contributed by atoms with Gasteiger partial charge in [-0.2, -0.15) is 0 Å². The van der Waals surface area contributed by atoms with Crippen LogP contribution in [0.2, 0.25) is 0 Å². The fraction of sp³-hybridized carbons (Fsp3) is 0.868. The summed E-state index contributed by atoms with van der Waals surface area (Å²) in [6, 6.07) is 0. The van der Waals surface area contributed by atoms with Gasteiger partial charge >= 0.3 is 17.9 Å². The number of carbonyl (C=O) groups is 3. The van der Waals surface area contributed by atoms with Gasteiger partial charge in [-0.25, -0.2) is 0 Å². The van der Waals surface area contributed by atoms with Crippen molar-refractivity contribution in [2.75, 3.05) is 26.2 Å². The number of nitrogens with zero attached hydrogens (tertiary/aromatic N) is 1. The van der Waals surface area contributed by atoms with E-state index in [0.717, 1.165) is 19.3 Å². The van der Waals surface area contributed by atoms with E-state index in [1.807, 2.05) is 20.8 Å². The molecule has 0 fully saturated rings. The largest absolute Gasteiger partial charge is 0.481 e. The molecule has 0 aliphatic rings. The third-order valence-corrected chi connectivity index (χ3v) is 9.74. The zero-order chi connectivity index (χ0) is 33.8. The highest BCUT2D eigenvalue weighted by atomic mass is 16.4. The molecule has 0 heterocycles. The number of hydrogen-bond donors (Lipinski definition) is 3. The first-order chi connectivity index (χ1) is 21.7. The molecule has 0 aromatic heterocycles. The lowest BCUT2D eigenvalue weighted by molar-refractivity contribution is -0.935. The normalized spacial score (nSPS) is 15.1. The number of rotatable bonds is 33. The molecule has 3 N–H and O–H groups in total. The Morgan fingerprint density at radius 1 is 0.467 bits per heavy atom. The van der Waals surface area contributed by atoms with Gasteiger partial charge in [0.15, 0.2) is 0 Å². The van der Waals surface area contributed by atoms with Crippen molar-refractivity contribution in [2.24, 2.45) is 17.8 Å². The smallest absolute Gasteiger partial charge is 0.312 e. The first kappa shape index (κ1) is 43.1. The van der Waals surface area contributed by atoms with E-state index in [1.54, 1.807) is 0 Å². The highest BCUT2D eigenvalue weighted by molar-refractivity contribution is 5.71. The molecule has 0 aliphatic carbocycles. The zero-order valence-corrected chi connectivity index (χ0v) is 29.8. The van der Waals surface area contributed by atoms with Gasteiger partial charge in [0.2, 0.25) is 0 Å². The second-order valence-corrected chi connectivity index (χ2v) is 13.6. The fourth-order valence-electron chi connectivity index (χ4n) is 6.64. The predicted molar refractivity (Wildman–Crippen MR) is 187 cm³/mol. The van der Waals surface area contributed by atoms with Gasteiger partial charge in [0.1, 0.15) is 17.8 Å². The van der Waals surface area contributed by atoms with E-state index in [1.165, 1.54) is 103 Å². The van der Waals surface area contributed by atoms with Crippen LogP contribution in [0, 0.1) is 17.8 Å². The van der Waals surface area contributed by atoms with Gasteiger partial charge in [-0.15, -0.1) is 0 Å². The van der Waals surface area contributed by atoms with E-state index in [0.29, 0.717) is 25.8 Å². The van der Waals surface area contributed by atoms with E-state index >= 15 is 0 Å². The summed E-state index contributed by atoms with van der Waals surface area (Å²) in [6.07, 6.45) is 30.2. The molecule has 3 atom stereocenters. The molecule has 0 aromatic rings. The van der Waals surface area contributed by atoms with Crippen LogP contribution in [-0.4, -0.2) is 63.9 Å². The maximum atomic E-state index is 12.0. The molecule has 0 bridgehead atoms. The Kier molecular flexibility index (Phi) is 27.2. The Morgan fingerprint density at radius 2 is 0.756 bits per heavy atom. The van der Waals surface area contributed by atoms with E-state index in [4.69, 9.17) is 0 Å². The van der Waals surface area contributed by atoms with Gasteiger partial charge in [-0.3, -0.25) is 14.4 Å². The highest BCUT2D eigenvalue weighted by Gasteiger charge is 2.40. The van der Waals surface area contributed by atoms with Crippen molar-refractivity contribution >= 4 is 17.9 Å². The summed E-state index contributed by atoms with van der Waals surface area (Å²) >= 11 is 0. The first-order valence-corrected chi connectivity index (χ1v) is 18.8. The van der Waals surface area contributed by atoms with Crippen LogP contribution < -0.4 is 0 Å². The number of allylic oxidation sites excluding steroid dienone is 2. The van der Waals surface area contributed by atoms with E-state index in [-0.39, 0.29) is 24.1 Å². The maximum Gasteiger partial charge on any atom is 0.312 e. The highest BCUT2D eigenvalue weighted by Crippen LogP contribution is 2.25. The van der Waals surface area contributed by atoms with Crippen molar-refractivity contribution in [3.05, 3.63) is 12.2 Å². The standard InChI is InChI=1S/C38H71NO6/c1-5-9-10-11-12-13-14-15-16-17-18-19-20-21-22-23-24-25-26-27-28-29-39(30-33(6-2)36(40)41,31-34(7-3)37(42)43)32-35(8-4)38(44)45/h25-26,33-35H,5-24,27-32H2,1-4H3,(H2-,40,41,42,43,44,45)/p+1/b26-25+. The average Bonchev–Trinajstić information content (AvgIpc) is 3.01. The number of quaternary nitrogens is 1. The van der Waals surface area contributed by atoms with Crippen molar-refractivity contribution in [1.82, 2.24) is 0 Å². The van der Waals surface area contributed by atoms with Gasteiger partial charge in [0, 0.05) is 6.42 Å². The SMILES string of the molecule is CCCCCCCCCCCCCCCCCC/C=C/CCC[N+](CC(CC)C(=O)O)(CC(CC)C(=O)O)CC(CC)C(=O)O. The van der Waals surface area contributed by atoms with E-state index in [2.05, 4.69) is 19.1 Å². The molecular formula is C38H72NO6+. The third kappa shape index (κ3) is 22.3. The van der Waals surface area contributed by atoms with Crippen molar-refractivity contribution in [3.8, 4) is 0 Å². The molecule has 0 rings (SSSR count). The molecular weight excluding hydrogens is 566 g/mol.